The van der Waals surface area contributed by atoms with Crippen molar-refractivity contribution in [3.8, 4) is 22.4 Å². The van der Waals surface area contributed by atoms with Crippen molar-refractivity contribution in [2.45, 2.75) is 39.5 Å². The van der Waals surface area contributed by atoms with Gasteiger partial charge in [0, 0.05) is 16.9 Å². The van der Waals surface area contributed by atoms with E-state index in [1.54, 1.807) is 0 Å². The summed E-state index contributed by atoms with van der Waals surface area (Å²) >= 11 is 0. The van der Waals surface area contributed by atoms with Crippen molar-refractivity contribution < 1.29 is 9.57 Å². The molecule has 0 fully saturated rings. The summed E-state index contributed by atoms with van der Waals surface area (Å²) in [7, 11) is 0. The van der Waals surface area contributed by atoms with Crippen molar-refractivity contribution >= 4 is 0 Å². The van der Waals surface area contributed by atoms with Gasteiger partial charge in [-0.25, -0.2) is 0 Å². The molecule has 1 aromatic heterocycles. The van der Waals surface area contributed by atoms with Gasteiger partial charge in [-0.05, 0) is 42.0 Å². The van der Waals surface area contributed by atoms with Gasteiger partial charge in [-0.15, -0.1) is 0 Å². The van der Waals surface area contributed by atoms with E-state index in [9.17, 15) is 0 Å². The van der Waals surface area contributed by atoms with E-state index in [0.717, 1.165) is 24.3 Å². The average molecular weight is 361 g/mol. The van der Waals surface area contributed by atoms with E-state index in [0.29, 0.717) is 5.92 Å². The van der Waals surface area contributed by atoms with E-state index >= 15 is 0 Å². The van der Waals surface area contributed by atoms with Crippen molar-refractivity contribution in [3.05, 3.63) is 79.0 Å². The highest BCUT2D eigenvalue weighted by Gasteiger charge is 2.18. The van der Waals surface area contributed by atoms with Crippen LogP contribution >= 0.6 is 0 Å². The Balaban J connectivity index is 1.88. The fourth-order valence-electron chi connectivity index (χ4n) is 3.31. The van der Waals surface area contributed by atoms with Gasteiger partial charge in [-0.3, -0.25) is 4.84 Å². The predicted octanol–water partition coefficient (Wildman–Crippen LogP) is 5.95. The van der Waals surface area contributed by atoms with Crippen LogP contribution in [-0.4, -0.2) is 6.61 Å². The molecule has 0 aliphatic rings. The average Bonchev–Trinajstić information content (AvgIpc) is 2.75. The molecule has 0 aliphatic carbocycles. The summed E-state index contributed by atoms with van der Waals surface area (Å²) in [5.74, 6) is 0.606. The summed E-state index contributed by atoms with van der Waals surface area (Å²) in [4.78, 5) is 6.25. The van der Waals surface area contributed by atoms with Crippen LogP contribution in [0.1, 0.15) is 39.5 Å². The molecule has 0 saturated carbocycles. The van der Waals surface area contributed by atoms with E-state index in [1.165, 1.54) is 30.4 Å². The highest BCUT2D eigenvalue weighted by molar-refractivity contribution is 5.68. The molecule has 1 atom stereocenters. The SMILES string of the molecule is CCCCC(CC)CO[n+]1ccc(-c2ccccc2)cc1-c1ccccc1. The summed E-state index contributed by atoms with van der Waals surface area (Å²) in [6, 6.07) is 25.3. The molecule has 0 N–H and O–H groups in total. The van der Waals surface area contributed by atoms with Gasteiger partial charge in [0.25, 0.3) is 5.69 Å². The minimum atomic E-state index is 0.606. The second kappa shape index (κ2) is 9.91. The molecule has 140 valence electrons. The van der Waals surface area contributed by atoms with Gasteiger partial charge in [0.05, 0.1) is 5.56 Å². The highest BCUT2D eigenvalue weighted by Crippen LogP contribution is 2.23. The van der Waals surface area contributed by atoms with Crippen molar-refractivity contribution in [1.29, 1.82) is 0 Å². The molecule has 27 heavy (non-hydrogen) atoms. The summed E-state index contributed by atoms with van der Waals surface area (Å²) in [6.45, 7) is 5.26. The van der Waals surface area contributed by atoms with E-state index in [1.807, 2.05) is 10.8 Å². The Labute approximate surface area is 163 Å². The molecule has 2 aromatic carbocycles. The van der Waals surface area contributed by atoms with Gasteiger partial charge < -0.3 is 0 Å². The Kier molecular flexibility index (Phi) is 7.04. The predicted molar refractivity (Wildman–Crippen MR) is 112 cm³/mol. The molecule has 0 saturated heterocycles. The Bertz CT molecular complexity index is 814. The number of hydrogen-bond acceptors (Lipinski definition) is 1. The van der Waals surface area contributed by atoms with E-state index in [-0.39, 0.29) is 0 Å². The van der Waals surface area contributed by atoms with E-state index in [4.69, 9.17) is 4.84 Å². The first-order chi connectivity index (χ1) is 13.3. The van der Waals surface area contributed by atoms with Crippen molar-refractivity contribution in [2.75, 3.05) is 6.61 Å². The minimum absolute atomic E-state index is 0.606. The van der Waals surface area contributed by atoms with Gasteiger partial charge in [-0.1, -0.05) is 75.2 Å². The molecule has 0 amide bonds. The fraction of sp³-hybridized carbons (Fsp3) is 0.320. The number of rotatable bonds is 9. The first-order valence-electron chi connectivity index (χ1n) is 10.1. The molecule has 3 rings (SSSR count). The lowest BCUT2D eigenvalue weighted by Crippen LogP contribution is -2.46. The second-order valence-corrected chi connectivity index (χ2v) is 7.07. The van der Waals surface area contributed by atoms with Gasteiger partial charge in [0.15, 0.2) is 6.61 Å². The summed E-state index contributed by atoms with van der Waals surface area (Å²) in [5.41, 5.74) is 4.67. The van der Waals surface area contributed by atoms with Crippen LogP contribution in [0.4, 0.5) is 0 Å². The van der Waals surface area contributed by atoms with Crippen LogP contribution in [0, 0.1) is 5.92 Å². The number of pyridine rings is 1. The number of unbranched alkanes of at least 4 members (excludes halogenated alkanes) is 1. The van der Waals surface area contributed by atoms with Gasteiger partial charge in [-0.2, -0.15) is 0 Å². The maximum Gasteiger partial charge on any atom is 0.265 e. The van der Waals surface area contributed by atoms with Crippen molar-refractivity contribution in [1.82, 2.24) is 0 Å². The van der Waals surface area contributed by atoms with Crippen LogP contribution in [0.2, 0.25) is 0 Å². The van der Waals surface area contributed by atoms with Crippen LogP contribution in [0.25, 0.3) is 22.4 Å². The molecule has 1 unspecified atom stereocenters. The maximum atomic E-state index is 6.25. The molecule has 1 heterocycles. The monoisotopic (exact) mass is 360 g/mol. The van der Waals surface area contributed by atoms with Gasteiger partial charge in [0.1, 0.15) is 0 Å². The van der Waals surface area contributed by atoms with Crippen LogP contribution in [0.5, 0.6) is 0 Å². The highest BCUT2D eigenvalue weighted by atomic mass is 16.7. The standard InChI is InChI=1S/C25H30NO/c1-3-5-12-21(4-2)20-27-26-18-17-24(22-13-8-6-9-14-22)19-25(26)23-15-10-7-11-16-23/h6-11,13-19,21H,3-5,12,20H2,1-2H3/q+1. The van der Waals surface area contributed by atoms with E-state index in [2.05, 4.69) is 86.8 Å². The Morgan fingerprint density at radius 1 is 0.815 bits per heavy atom. The second-order valence-electron chi connectivity index (χ2n) is 7.07. The van der Waals surface area contributed by atoms with Crippen molar-refractivity contribution in [3.63, 3.8) is 0 Å². The number of benzene rings is 2. The largest absolute Gasteiger partial charge is 0.271 e. The Hall–Kier alpha value is -2.61. The Morgan fingerprint density at radius 3 is 2.11 bits per heavy atom. The molecular weight excluding hydrogens is 330 g/mol. The fourth-order valence-corrected chi connectivity index (χ4v) is 3.31. The van der Waals surface area contributed by atoms with E-state index < -0.39 is 0 Å². The number of hydrogen-bond donors (Lipinski definition) is 0. The molecular formula is C25H30NO+. The molecule has 3 aromatic rings. The molecule has 2 heteroatoms. The van der Waals surface area contributed by atoms with Crippen LogP contribution in [0.3, 0.4) is 0 Å². The zero-order valence-electron chi connectivity index (χ0n) is 16.5. The zero-order chi connectivity index (χ0) is 18.9. The third kappa shape index (κ3) is 5.19. The molecule has 0 spiro atoms. The topological polar surface area (TPSA) is 13.1 Å². The molecule has 0 bridgehead atoms. The lowest BCUT2D eigenvalue weighted by atomic mass is 10.0. The van der Waals surface area contributed by atoms with Crippen molar-refractivity contribution in [2.24, 2.45) is 5.92 Å². The smallest absolute Gasteiger partial charge is 0.265 e. The lowest BCUT2D eigenvalue weighted by Gasteiger charge is -2.13. The molecule has 0 radical (unpaired) electrons. The maximum absolute atomic E-state index is 6.25. The van der Waals surface area contributed by atoms with Gasteiger partial charge >= 0.3 is 0 Å². The van der Waals surface area contributed by atoms with Gasteiger partial charge in [0.2, 0.25) is 6.20 Å². The third-order valence-corrected chi connectivity index (χ3v) is 5.09. The summed E-state index contributed by atoms with van der Waals surface area (Å²) < 4.78 is 1.94. The normalized spacial score (nSPS) is 11.9. The number of aromatic nitrogens is 1. The third-order valence-electron chi connectivity index (χ3n) is 5.09. The first-order valence-corrected chi connectivity index (χ1v) is 10.1. The van der Waals surface area contributed by atoms with Crippen LogP contribution < -0.4 is 9.57 Å². The minimum Gasteiger partial charge on any atom is -0.271 e. The van der Waals surface area contributed by atoms with Crippen LogP contribution in [-0.2, 0) is 0 Å². The molecule has 2 nitrogen and oxygen atoms in total. The van der Waals surface area contributed by atoms with Crippen LogP contribution in [0.15, 0.2) is 79.0 Å². The number of nitrogens with zero attached hydrogens (tertiary/aromatic N) is 1. The molecule has 0 aliphatic heterocycles. The quantitative estimate of drug-likeness (QED) is 0.430. The summed E-state index contributed by atoms with van der Waals surface area (Å²) in [6.07, 6.45) is 6.95. The zero-order valence-corrected chi connectivity index (χ0v) is 16.5. The Morgan fingerprint density at radius 2 is 1.48 bits per heavy atom. The summed E-state index contributed by atoms with van der Waals surface area (Å²) in [5, 5.41) is 0. The first kappa shape index (κ1) is 19.2. The lowest BCUT2D eigenvalue weighted by molar-refractivity contribution is -0.883.